The molecule has 1 N–H and O–H groups in total. The van der Waals surface area contributed by atoms with E-state index in [0.29, 0.717) is 0 Å². The minimum atomic E-state index is -4.12. The molecule has 5 rings (SSSR count). The third-order valence-corrected chi connectivity index (χ3v) is 9.38. The quantitative estimate of drug-likeness (QED) is 0.252. The van der Waals surface area contributed by atoms with Crippen molar-refractivity contribution in [2.24, 2.45) is 5.41 Å². The summed E-state index contributed by atoms with van der Waals surface area (Å²) in [5.74, 6) is -2.02. The lowest BCUT2D eigenvalue weighted by atomic mass is 9.79. The number of fused-ring (bicyclic) bond motifs is 1. The van der Waals surface area contributed by atoms with Crippen LogP contribution < -0.4 is 5.32 Å². The third kappa shape index (κ3) is 5.65. The number of halogens is 2. The van der Waals surface area contributed by atoms with Crippen molar-refractivity contribution in [2.75, 3.05) is 11.9 Å². The Morgan fingerprint density at radius 2 is 1.85 bits per heavy atom. The summed E-state index contributed by atoms with van der Waals surface area (Å²) < 4.78 is 62.7. The van der Waals surface area contributed by atoms with E-state index < -0.39 is 33.7 Å². The largest absolute Gasteiger partial charge is 0.466 e. The van der Waals surface area contributed by atoms with Gasteiger partial charge in [-0.2, -0.15) is 0 Å². The summed E-state index contributed by atoms with van der Waals surface area (Å²) in [6.07, 6.45) is 6.84. The van der Waals surface area contributed by atoms with Gasteiger partial charge in [0.25, 0.3) is 10.0 Å². The Labute approximate surface area is 237 Å². The molecular weight excluding hydrogens is 552 g/mol. The maximum atomic E-state index is 15.1. The molecule has 4 aromatic rings. The Kier molecular flexibility index (Phi) is 7.78. The molecule has 0 bridgehead atoms. The van der Waals surface area contributed by atoms with Crippen LogP contribution in [0.1, 0.15) is 51.5 Å². The van der Waals surface area contributed by atoms with Crippen LogP contribution in [0.15, 0.2) is 53.8 Å². The van der Waals surface area contributed by atoms with Crippen molar-refractivity contribution >= 4 is 32.8 Å². The van der Waals surface area contributed by atoms with Crippen LogP contribution in [-0.2, 0) is 19.6 Å². The molecule has 1 unspecified atom stereocenters. The van der Waals surface area contributed by atoms with Gasteiger partial charge in [0.1, 0.15) is 5.82 Å². The number of pyridine rings is 1. The molecule has 1 aromatic carbocycles. The van der Waals surface area contributed by atoms with E-state index in [-0.39, 0.29) is 51.6 Å². The summed E-state index contributed by atoms with van der Waals surface area (Å²) in [6.45, 7) is 5.84. The van der Waals surface area contributed by atoms with Gasteiger partial charge in [0.15, 0.2) is 23.1 Å². The summed E-state index contributed by atoms with van der Waals surface area (Å²) in [5, 5.41) is 3.26. The summed E-state index contributed by atoms with van der Waals surface area (Å²) in [7, 11) is -4.12. The van der Waals surface area contributed by atoms with Crippen molar-refractivity contribution in [3.05, 3.63) is 66.1 Å². The van der Waals surface area contributed by atoms with Crippen LogP contribution in [0.3, 0.4) is 0 Å². The highest BCUT2D eigenvalue weighted by molar-refractivity contribution is 7.90. The number of esters is 1. The van der Waals surface area contributed by atoms with E-state index in [4.69, 9.17) is 4.74 Å². The van der Waals surface area contributed by atoms with Gasteiger partial charge in [0.2, 0.25) is 0 Å². The number of carbonyl (C=O) groups excluding carboxylic acids is 1. The number of aromatic nitrogens is 4. The Morgan fingerprint density at radius 1 is 1.15 bits per heavy atom. The fraction of sp³-hybridized carbons (Fsp3) is 0.379. The first-order chi connectivity index (χ1) is 19.5. The lowest BCUT2D eigenvalue weighted by Crippen LogP contribution is -2.39. The number of hydrogen-bond acceptors (Lipinski definition) is 8. The van der Waals surface area contributed by atoms with E-state index in [1.54, 1.807) is 19.1 Å². The van der Waals surface area contributed by atoms with E-state index in [1.165, 1.54) is 18.3 Å². The van der Waals surface area contributed by atoms with Crippen LogP contribution in [0, 0.1) is 24.0 Å². The first-order valence-electron chi connectivity index (χ1n) is 13.5. The molecule has 0 spiro atoms. The first-order valence-corrected chi connectivity index (χ1v) is 14.9. The van der Waals surface area contributed by atoms with Gasteiger partial charge in [-0.25, -0.2) is 36.1 Å². The van der Waals surface area contributed by atoms with E-state index in [1.807, 2.05) is 6.92 Å². The summed E-state index contributed by atoms with van der Waals surface area (Å²) in [5.41, 5.74) is 0.715. The minimum Gasteiger partial charge on any atom is -0.466 e. The summed E-state index contributed by atoms with van der Waals surface area (Å²) in [6, 6.07) is 6.97. The summed E-state index contributed by atoms with van der Waals surface area (Å²) in [4.78, 5) is 25.0. The maximum absolute atomic E-state index is 15.1. The van der Waals surface area contributed by atoms with Crippen LogP contribution in [0.2, 0.25) is 0 Å². The maximum Gasteiger partial charge on any atom is 0.307 e. The van der Waals surface area contributed by atoms with Gasteiger partial charge in [-0.05, 0) is 50.3 Å². The molecule has 12 heteroatoms. The molecule has 1 fully saturated rings. The van der Waals surface area contributed by atoms with Crippen LogP contribution in [0.4, 0.5) is 14.6 Å². The molecule has 9 nitrogen and oxygen atoms in total. The fourth-order valence-electron chi connectivity index (χ4n) is 5.39. The van der Waals surface area contributed by atoms with Crippen LogP contribution in [0.25, 0.3) is 22.4 Å². The molecule has 0 radical (unpaired) electrons. The number of rotatable bonds is 9. The molecule has 1 atom stereocenters. The molecule has 216 valence electrons. The van der Waals surface area contributed by atoms with Gasteiger partial charge in [-0.15, -0.1) is 0 Å². The second kappa shape index (κ2) is 11.2. The second-order valence-electron chi connectivity index (χ2n) is 10.6. The van der Waals surface area contributed by atoms with Gasteiger partial charge in [0.05, 0.1) is 30.3 Å². The standard InChI is InChI=1S/C29H31F2N5O4S/c1-4-40-25(37)14-24(29(3)11-5-6-12-29)34-27-23(31)16-32-26(35-27)22-17-36(28-21(22)13-19(30)15-33-28)41(38,39)20-9-7-18(2)8-10-20/h7-10,13,15-17,24H,4-6,11-12,14H2,1-3H3,(H,32,34,35). The number of nitrogens with zero attached hydrogens (tertiary/aromatic N) is 4. The lowest BCUT2D eigenvalue weighted by molar-refractivity contribution is -0.144. The Bertz CT molecular complexity index is 1700. The molecule has 0 amide bonds. The van der Waals surface area contributed by atoms with Gasteiger partial charge in [-0.3, -0.25) is 4.79 Å². The second-order valence-corrected chi connectivity index (χ2v) is 12.5. The SMILES string of the molecule is CCOC(=O)CC(Nc1nc(-c2cn(S(=O)(=O)c3ccc(C)cc3)c3ncc(F)cc23)ncc1F)C1(C)CCCC1. The average molecular weight is 584 g/mol. The Morgan fingerprint density at radius 3 is 2.54 bits per heavy atom. The van der Waals surface area contributed by atoms with Gasteiger partial charge in [-0.1, -0.05) is 37.5 Å². The fourth-order valence-corrected chi connectivity index (χ4v) is 6.72. The zero-order valence-electron chi connectivity index (χ0n) is 23.0. The number of aryl methyl sites for hydroxylation is 1. The van der Waals surface area contributed by atoms with E-state index >= 15 is 4.39 Å². The summed E-state index contributed by atoms with van der Waals surface area (Å²) >= 11 is 0. The molecule has 1 saturated carbocycles. The normalized spacial score (nSPS) is 15.6. The number of anilines is 1. The van der Waals surface area contributed by atoms with Crippen molar-refractivity contribution in [2.45, 2.75) is 63.8 Å². The number of benzene rings is 1. The number of nitrogens with one attached hydrogen (secondary N) is 1. The zero-order valence-corrected chi connectivity index (χ0v) is 23.8. The van der Waals surface area contributed by atoms with E-state index in [9.17, 15) is 17.6 Å². The van der Waals surface area contributed by atoms with Crippen molar-refractivity contribution in [3.63, 3.8) is 0 Å². The first kappa shape index (κ1) is 28.6. The van der Waals surface area contributed by atoms with Crippen molar-refractivity contribution < 1.29 is 26.7 Å². The highest BCUT2D eigenvalue weighted by atomic mass is 32.2. The topological polar surface area (TPSA) is 116 Å². The smallest absolute Gasteiger partial charge is 0.307 e. The number of hydrogen-bond donors (Lipinski definition) is 1. The van der Waals surface area contributed by atoms with Crippen molar-refractivity contribution in [1.29, 1.82) is 0 Å². The highest BCUT2D eigenvalue weighted by Gasteiger charge is 2.39. The Hall–Kier alpha value is -3.93. The van der Waals surface area contributed by atoms with Crippen LogP contribution in [0.5, 0.6) is 0 Å². The predicted octanol–water partition coefficient (Wildman–Crippen LogP) is 5.63. The number of ether oxygens (including phenoxy) is 1. The molecular formula is C29H31F2N5O4S. The molecule has 41 heavy (non-hydrogen) atoms. The molecule has 3 heterocycles. The molecule has 0 aliphatic heterocycles. The van der Waals surface area contributed by atoms with Gasteiger partial charge < -0.3 is 10.1 Å². The molecule has 0 saturated heterocycles. The van der Waals surface area contributed by atoms with Crippen LogP contribution >= 0.6 is 0 Å². The zero-order chi connectivity index (χ0) is 29.4. The molecule has 1 aliphatic rings. The van der Waals surface area contributed by atoms with Crippen LogP contribution in [-0.4, -0.2) is 46.0 Å². The van der Waals surface area contributed by atoms with E-state index in [2.05, 4.69) is 27.2 Å². The molecule has 1 aliphatic carbocycles. The molecule has 3 aromatic heterocycles. The third-order valence-electron chi connectivity index (χ3n) is 7.72. The van der Waals surface area contributed by atoms with Gasteiger partial charge >= 0.3 is 5.97 Å². The Balaban J connectivity index is 1.59. The highest BCUT2D eigenvalue weighted by Crippen LogP contribution is 2.43. The monoisotopic (exact) mass is 583 g/mol. The van der Waals surface area contributed by atoms with Crippen molar-refractivity contribution in [3.8, 4) is 11.4 Å². The average Bonchev–Trinajstić information content (AvgIpc) is 3.55. The predicted molar refractivity (Wildman–Crippen MR) is 150 cm³/mol. The van der Waals surface area contributed by atoms with Crippen molar-refractivity contribution in [1.82, 2.24) is 18.9 Å². The number of carbonyl (C=O) groups is 1. The minimum absolute atomic E-state index is 0.0201. The van der Waals surface area contributed by atoms with Gasteiger partial charge in [0, 0.05) is 23.2 Å². The lowest BCUT2D eigenvalue weighted by Gasteiger charge is -2.34. The van der Waals surface area contributed by atoms with E-state index in [0.717, 1.165) is 53.7 Å².